The molecule has 0 spiro atoms. The molecule has 0 bridgehead atoms. The first-order valence-corrected chi connectivity index (χ1v) is 8.28. The molecule has 1 amide bonds. The lowest BCUT2D eigenvalue weighted by Gasteiger charge is -2.14. The number of nitrogens with one attached hydrogen (secondary N) is 1. The highest BCUT2D eigenvalue weighted by atomic mass is 127. The van der Waals surface area contributed by atoms with E-state index in [1.807, 2.05) is 0 Å². The Labute approximate surface area is 152 Å². The molecule has 1 N–H and O–H groups in total. The number of carbonyl (C=O) groups excluding carboxylic acids is 2. The third kappa shape index (κ3) is 3.78. The summed E-state index contributed by atoms with van der Waals surface area (Å²) < 4.78 is 16.7. The van der Waals surface area contributed by atoms with Gasteiger partial charge in [-0.1, -0.05) is 0 Å². The topological polar surface area (TPSA) is 73.9 Å². The zero-order chi connectivity index (χ0) is 17.1. The van der Waals surface area contributed by atoms with E-state index in [-0.39, 0.29) is 6.79 Å². The molecule has 1 aliphatic heterocycles. The molecule has 1 heterocycles. The molecular weight excluding hydrogens is 425 g/mol. The first-order chi connectivity index (χ1) is 11.5. The van der Waals surface area contributed by atoms with E-state index < -0.39 is 18.0 Å². The van der Waals surface area contributed by atoms with Crippen LogP contribution in [0.4, 0.5) is 5.69 Å². The monoisotopic (exact) mass is 439 g/mol. The molecule has 7 heteroatoms. The second-order valence-corrected chi connectivity index (χ2v) is 6.36. The Kier molecular flexibility index (Phi) is 4.89. The molecule has 2 aromatic carbocycles. The molecule has 0 radical (unpaired) electrons. The summed E-state index contributed by atoms with van der Waals surface area (Å²) in [5.74, 6) is 0.231. The van der Waals surface area contributed by atoms with Crippen molar-refractivity contribution < 1.29 is 23.8 Å². The minimum Gasteiger partial charge on any atom is -0.454 e. The number of amides is 1. The predicted octanol–water partition coefficient (Wildman–Crippen LogP) is 3.20. The smallest absolute Gasteiger partial charge is 0.338 e. The van der Waals surface area contributed by atoms with Gasteiger partial charge in [-0.15, -0.1) is 0 Å². The average Bonchev–Trinajstić information content (AvgIpc) is 3.03. The number of halogens is 1. The lowest BCUT2D eigenvalue weighted by molar-refractivity contribution is -0.123. The van der Waals surface area contributed by atoms with Crippen molar-refractivity contribution in [1.29, 1.82) is 0 Å². The van der Waals surface area contributed by atoms with E-state index in [1.54, 1.807) is 42.5 Å². The molecule has 124 valence electrons. The van der Waals surface area contributed by atoms with Crippen LogP contribution in [0.2, 0.25) is 0 Å². The average molecular weight is 439 g/mol. The van der Waals surface area contributed by atoms with Crippen molar-refractivity contribution in [2.45, 2.75) is 13.0 Å². The highest BCUT2D eigenvalue weighted by molar-refractivity contribution is 14.1. The lowest BCUT2D eigenvalue weighted by Crippen LogP contribution is -2.30. The Bertz CT molecular complexity index is 775. The SMILES string of the molecule is C[C@H](OC(=O)c1ccc(I)cc1)C(=O)Nc1ccc2c(c1)OCO2. The minimum absolute atomic E-state index is 0.163. The molecule has 0 aliphatic carbocycles. The number of benzene rings is 2. The van der Waals surface area contributed by atoms with Gasteiger partial charge >= 0.3 is 5.97 Å². The lowest BCUT2D eigenvalue weighted by atomic mass is 10.2. The molecule has 2 aromatic rings. The summed E-state index contributed by atoms with van der Waals surface area (Å²) >= 11 is 2.15. The Morgan fingerprint density at radius 3 is 2.58 bits per heavy atom. The van der Waals surface area contributed by atoms with Gasteiger partial charge in [-0.25, -0.2) is 4.79 Å². The number of esters is 1. The van der Waals surface area contributed by atoms with Crippen LogP contribution in [0.5, 0.6) is 11.5 Å². The number of anilines is 1. The van der Waals surface area contributed by atoms with Crippen LogP contribution < -0.4 is 14.8 Å². The Balaban J connectivity index is 1.60. The zero-order valence-electron chi connectivity index (χ0n) is 12.7. The fraction of sp³-hybridized carbons (Fsp3) is 0.176. The van der Waals surface area contributed by atoms with Crippen molar-refractivity contribution in [3.05, 3.63) is 51.6 Å². The van der Waals surface area contributed by atoms with Crippen molar-refractivity contribution in [3.63, 3.8) is 0 Å². The Hall–Kier alpha value is -2.29. The second-order valence-electron chi connectivity index (χ2n) is 5.11. The van der Waals surface area contributed by atoms with E-state index in [2.05, 4.69) is 27.9 Å². The molecule has 1 aliphatic rings. The van der Waals surface area contributed by atoms with Gasteiger partial charge in [0.25, 0.3) is 5.91 Å². The van der Waals surface area contributed by atoms with Crippen LogP contribution in [0.25, 0.3) is 0 Å². The number of hydrogen-bond acceptors (Lipinski definition) is 5. The minimum atomic E-state index is -0.929. The van der Waals surface area contributed by atoms with Gasteiger partial charge in [-0.3, -0.25) is 4.79 Å². The molecule has 0 aromatic heterocycles. The third-order valence-electron chi connectivity index (χ3n) is 3.37. The van der Waals surface area contributed by atoms with E-state index >= 15 is 0 Å². The first kappa shape index (κ1) is 16.6. The highest BCUT2D eigenvalue weighted by Crippen LogP contribution is 2.34. The molecule has 0 saturated heterocycles. The number of fused-ring (bicyclic) bond motifs is 1. The van der Waals surface area contributed by atoms with Gasteiger partial charge in [0.2, 0.25) is 6.79 Å². The molecule has 0 unspecified atom stereocenters. The summed E-state index contributed by atoms with van der Waals surface area (Å²) in [6, 6.07) is 12.0. The number of carbonyl (C=O) groups is 2. The standard InChI is InChI=1S/C17H14INO5/c1-10(24-17(21)11-2-4-12(18)5-3-11)16(20)19-13-6-7-14-15(8-13)23-9-22-14/h2-8,10H,9H2,1H3,(H,19,20)/t10-/m0/s1. The number of rotatable bonds is 4. The van der Waals surface area contributed by atoms with Crippen LogP contribution in [0.15, 0.2) is 42.5 Å². The van der Waals surface area contributed by atoms with Gasteiger partial charge < -0.3 is 19.5 Å². The summed E-state index contributed by atoms with van der Waals surface area (Å²) in [6.45, 7) is 1.68. The zero-order valence-corrected chi connectivity index (χ0v) is 14.9. The Morgan fingerprint density at radius 1 is 1.12 bits per heavy atom. The number of ether oxygens (including phenoxy) is 3. The molecule has 1 atom stereocenters. The van der Waals surface area contributed by atoms with Gasteiger partial charge in [0, 0.05) is 15.3 Å². The fourth-order valence-corrected chi connectivity index (χ4v) is 2.45. The maximum absolute atomic E-state index is 12.2. The number of hydrogen-bond donors (Lipinski definition) is 1. The second kappa shape index (κ2) is 7.08. The normalized spacial score (nSPS) is 13.2. The maximum atomic E-state index is 12.2. The fourth-order valence-electron chi connectivity index (χ4n) is 2.09. The summed E-state index contributed by atoms with van der Waals surface area (Å²) in [6.07, 6.45) is -0.929. The molecule has 3 rings (SSSR count). The first-order valence-electron chi connectivity index (χ1n) is 7.20. The van der Waals surface area contributed by atoms with Crippen LogP contribution in [0.3, 0.4) is 0 Å². The summed E-state index contributed by atoms with van der Waals surface area (Å²) in [7, 11) is 0. The summed E-state index contributed by atoms with van der Waals surface area (Å²) in [5, 5.41) is 2.68. The van der Waals surface area contributed by atoms with Crippen molar-refractivity contribution in [1.82, 2.24) is 0 Å². The Morgan fingerprint density at radius 2 is 1.83 bits per heavy atom. The summed E-state index contributed by atoms with van der Waals surface area (Å²) in [5.41, 5.74) is 0.944. The van der Waals surface area contributed by atoms with Crippen molar-refractivity contribution in [2.75, 3.05) is 12.1 Å². The van der Waals surface area contributed by atoms with Gasteiger partial charge in [0.05, 0.1) is 5.56 Å². The summed E-state index contributed by atoms with van der Waals surface area (Å²) in [4.78, 5) is 24.2. The van der Waals surface area contributed by atoms with E-state index in [4.69, 9.17) is 14.2 Å². The predicted molar refractivity (Wildman–Crippen MR) is 95.2 cm³/mol. The maximum Gasteiger partial charge on any atom is 0.338 e. The van der Waals surface area contributed by atoms with Crippen LogP contribution in [0.1, 0.15) is 17.3 Å². The highest BCUT2D eigenvalue weighted by Gasteiger charge is 2.20. The van der Waals surface area contributed by atoms with Crippen molar-refractivity contribution in [3.8, 4) is 11.5 Å². The molecule has 0 fully saturated rings. The van der Waals surface area contributed by atoms with E-state index in [0.29, 0.717) is 22.7 Å². The van der Waals surface area contributed by atoms with Crippen LogP contribution in [-0.4, -0.2) is 24.8 Å². The molecule has 0 saturated carbocycles. The van der Waals surface area contributed by atoms with E-state index in [9.17, 15) is 9.59 Å². The van der Waals surface area contributed by atoms with Gasteiger partial charge in [-0.05, 0) is 65.9 Å². The van der Waals surface area contributed by atoms with E-state index in [1.165, 1.54) is 6.92 Å². The third-order valence-corrected chi connectivity index (χ3v) is 4.09. The van der Waals surface area contributed by atoms with Crippen LogP contribution in [-0.2, 0) is 9.53 Å². The molecular formula is C17H14INO5. The van der Waals surface area contributed by atoms with E-state index in [0.717, 1.165) is 3.57 Å². The molecule has 24 heavy (non-hydrogen) atoms. The van der Waals surface area contributed by atoms with Crippen LogP contribution in [0, 0.1) is 3.57 Å². The molecule has 6 nitrogen and oxygen atoms in total. The largest absolute Gasteiger partial charge is 0.454 e. The van der Waals surface area contributed by atoms with Crippen LogP contribution >= 0.6 is 22.6 Å². The quantitative estimate of drug-likeness (QED) is 0.585. The van der Waals surface area contributed by atoms with Gasteiger partial charge in [0.1, 0.15) is 0 Å². The van der Waals surface area contributed by atoms with Crippen molar-refractivity contribution >= 4 is 40.2 Å². The van der Waals surface area contributed by atoms with Crippen molar-refractivity contribution in [2.24, 2.45) is 0 Å². The van der Waals surface area contributed by atoms with Gasteiger partial charge in [0.15, 0.2) is 17.6 Å². The van der Waals surface area contributed by atoms with Gasteiger partial charge in [-0.2, -0.15) is 0 Å².